The van der Waals surface area contributed by atoms with Gasteiger partial charge in [0.2, 0.25) is 0 Å². The topological polar surface area (TPSA) is 15.3 Å². The Labute approximate surface area is 107 Å². The molecule has 2 atom stereocenters. The molecule has 2 saturated heterocycles. The lowest BCUT2D eigenvalue weighted by atomic mass is 9.89. The van der Waals surface area contributed by atoms with Crippen molar-refractivity contribution in [2.75, 3.05) is 19.6 Å². The highest BCUT2D eigenvalue weighted by Crippen LogP contribution is 2.32. The average Bonchev–Trinajstić information content (AvgIpc) is 2.66. The Kier molecular flexibility index (Phi) is 5.30. The summed E-state index contributed by atoms with van der Waals surface area (Å²) in [6.45, 7) is 8.53. The summed E-state index contributed by atoms with van der Waals surface area (Å²) in [6, 6.07) is 1.73. The predicted octanol–water partition coefficient (Wildman–Crippen LogP) is 3.03. The van der Waals surface area contributed by atoms with Gasteiger partial charge in [-0.2, -0.15) is 0 Å². The molecule has 2 bridgehead atoms. The van der Waals surface area contributed by atoms with Gasteiger partial charge < -0.3 is 10.2 Å². The number of piperidine rings is 1. The number of rotatable bonds is 7. The summed E-state index contributed by atoms with van der Waals surface area (Å²) < 4.78 is 0. The van der Waals surface area contributed by atoms with E-state index in [0.29, 0.717) is 0 Å². The molecular formula is C15H30N2. The van der Waals surface area contributed by atoms with Crippen LogP contribution >= 0.6 is 0 Å². The highest BCUT2D eigenvalue weighted by molar-refractivity contribution is 4.92. The molecule has 2 heterocycles. The molecule has 2 rings (SSSR count). The van der Waals surface area contributed by atoms with E-state index in [-0.39, 0.29) is 0 Å². The van der Waals surface area contributed by atoms with Crippen LogP contribution in [0.25, 0.3) is 0 Å². The van der Waals surface area contributed by atoms with E-state index < -0.39 is 0 Å². The summed E-state index contributed by atoms with van der Waals surface area (Å²) in [7, 11) is 0. The predicted molar refractivity (Wildman–Crippen MR) is 74.3 cm³/mol. The van der Waals surface area contributed by atoms with E-state index in [0.717, 1.165) is 18.0 Å². The molecule has 2 heteroatoms. The smallest absolute Gasteiger partial charge is 0.00728 e. The summed E-state index contributed by atoms with van der Waals surface area (Å²) >= 11 is 0. The second-order valence-corrected chi connectivity index (χ2v) is 6.11. The van der Waals surface area contributed by atoms with E-state index in [2.05, 4.69) is 24.1 Å². The van der Waals surface area contributed by atoms with Crippen LogP contribution in [0.1, 0.15) is 58.8 Å². The number of nitrogens with zero attached hydrogens (tertiary/aromatic N) is 1. The van der Waals surface area contributed by atoms with E-state index in [9.17, 15) is 0 Å². The molecule has 100 valence electrons. The Balaban J connectivity index is 1.69. The van der Waals surface area contributed by atoms with Gasteiger partial charge in [-0.3, -0.25) is 0 Å². The molecule has 1 N–H and O–H groups in total. The first-order valence-corrected chi connectivity index (χ1v) is 7.80. The normalized spacial score (nSPS) is 32.3. The van der Waals surface area contributed by atoms with Crippen molar-refractivity contribution in [3.05, 3.63) is 0 Å². The van der Waals surface area contributed by atoms with Crippen LogP contribution < -0.4 is 5.32 Å². The highest BCUT2D eigenvalue weighted by Gasteiger charge is 2.33. The molecule has 0 aromatic rings. The summed E-state index contributed by atoms with van der Waals surface area (Å²) in [5.74, 6) is 1.00. The third-order valence-electron chi connectivity index (χ3n) is 4.50. The van der Waals surface area contributed by atoms with Crippen molar-refractivity contribution < 1.29 is 0 Å². The fraction of sp³-hybridized carbons (Fsp3) is 1.00. The molecule has 2 nitrogen and oxygen atoms in total. The molecule has 0 aliphatic carbocycles. The first-order chi connectivity index (χ1) is 8.31. The fourth-order valence-corrected chi connectivity index (χ4v) is 3.74. The zero-order valence-electron chi connectivity index (χ0n) is 11.8. The minimum absolute atomic E-state index is 0.865. The summed E-state index contributed by atoms with van der Waals surface area (Å²) in [6.07, 6.45) is 9.82. The van der Waals surface area contributed by atoms with Gasteiger partial charge in [0.15, 0.2) is 0 Å². The number of nitrogens with one attached hydrogen (secondary N) is 1. The van der Waals surface area contributed by atoms with Crippen molar-refractivity contribution in [2.45, 2.75) is 70.9 Å². The van der Waals surface area contributed by atoms with Gasteiger partial charge in [0.25, 0.3) is 0 Å². The Morgan fingerprint density at radius 1 is 0.941 bits per heavy atom. The molecule has 2 fully saturated rings. The monoisotopic (exact) mass is 238 g/mol. The van der Waals surface area contributed by atoms with Crippen LogP contribution in [-0.2, 0) is 0 Å². The molecule has 2 unspecified atom stereocenters. The van der Waals surface area contributed by atoms with Crippen molar-refractivity contribution in [2.24, 2.45) is 5.92 Å². The minimum Gasteiger partial charge on any atom is -0.311 e. The molecule has 0 aromatic carbocycles. The van der Waals surface area contributed by atoms with E-state index in [4.69, 9.17) is 0 Å². The van der Waals surface area contributed by atoms with E-state index in [1.165, 1.54) is 64.6 Å². The molecule has 2 aliphatic heterocycles. The van der Waals surface area contributed by atoms with Crippen LogP contribution in [0.5, 0.6) is 0 Å². The molecule has 2 aliphatic rings. The number of fused-ring (bicyclic) bond motifs is 2. The molecule has 0 spiro atoms. The summed E-state index contributed by atoms with van der Waals surface area (Å²) in [5, 5.41) is 3.74. The zero-order valence-corrected chi connectivity index (χ0v) is 11.8. The Bertz CT molecular complexity index is 199. The second-order valence-electron chi connectivity index (χ2n) is 6.11. The van der Waals surface area contributed by atoms with Crippen molar-refractivity contribution >= 4 is 0 Å². The second kappa shape index (κ2) is 6.75. The fourth-order valence-electron chi connectivity index (χ4n) is 3.74. The highest BCUT2D eigenvalue weighted by atomic mass is 15.1. The number of hydrogen-bond donors (Lipinski definition) is 1. The largest absolute Gasteiger partial charge is 0.311 e. The molecule has 17 heavy (non-hydrogen) atoms. The quantitative estimate of drug-likeness (QED) is 0.733. The van der Waals surface area contributed by atoms with Crippen LogP contribution in [0.15, 0.2) is 0 Å². The van der Waals surface area contributed by atoms with Gasteiger partial charge in [0.05, 0.1) is 0 Å². The third-order valence-corrected chi connectivity index (χ3v) is 4.50. The van der Waals surface area contributed by atoms with Gasteiger partial charge in [0, 0.05) is 12.1 Å². The lowest BCUT2D eigenvalue weighted by Crippen LogP contribution is -2.39. The third kappa shape index (κ3) is 3.96. The van der Waals surface area contributed by atoms with E-state index in [1.807, 2.05) is 0 Å². The van der Waals surface area contributed by atoms with Crippen LogP contribution in [-0.4, -0.2) is 36.6 Å². The van der Waals surface area contributed by atoms with Crippen LogP contribution in [0.3, 0.4) is 0 Å². The molecule has 0 aromatic heterocycles. The lowest BCUT2D eigenvalue weighted by Gasteiger charge is -2.31. The Morgan fingerprint density at radius 3 is 2.06 bits per heavy atom. The standard InChI is InChI=1S/C15H30N2/c1-3-8-17(9-4-2)10-7-13-11-14-5-6-15(12-13)16-14/h13-16H,3-12H2,1-2H3. The maximum Gasteiger partial charge on any atom is 0.00728 e. The molecule has 0 radical (unpaired) electrons. The maximum absolute atomic E-state index is 3.74. The summed E-state index contributed by atoms with van der Waals surface area (Å²) in [5.41, 5.74) is 0. The molecule has 0 amide bonds. The Morgan fingerprint density at radius 2 is 1.53 bits per heavy atom. The van der Waals surface area contributed by atoms with Crippen molar-refractivity contribution in [3.63, 3.8) is 0 Å². The van der Waals surface area contributed by atoms with E-state index >= 15 is 0 Å². The number of hydrogen-bond acceptors (Lipinski definition) is 2. The molecular weight excluding hydrogens is 208 g/mol. The average molecular weight is 238 g/mol. The minimum atomic E-state index is 0.865. The first kappa shape index (κ1) is 13.4. The zero-order chi connectivity index (χ0) is 12.1. The van der Waals surface area contributed by atoms with Crippen molar-refractivity contribution in [1.29, 1.82) is 0 Å². The SMILES string of the molecule is CCCN(CCC)CCC1CC2CCC(C1)N2. The van der Waals surface area contributed by atoms with Gasteiger partial charge in [-0.25, -0.2) is 0 Å². The first-order valence-electron chi connectivity index (χ1n) is 7.80. The van der Waals surface area contributed by atoms with Gasteiger partial charge in [0.1, 0.15) is 0 Å². The van der Waals surface area contributed by atoms with Crippen LogP contribution in [0.4, 0.5) is 0 Å². The van der Waals surface area contributed by atoms with Gasteiger partial charge >= 0.3 is 0 Å². The molecule has 0 saturated carbocycles. The maximum atomic E-state index is 3.74. The van der Waals surface area contributed by atoms with Gasteiger partial charge in [-0.1, -0.05) is 13.8 Å². The van der Waals surface area contributed by atoms with Crippen LogP contribution in [0.2, 0.25) is 0 Å². The lowest BCUT2D eigenvalue weighted by molar-refractivity contribution is 0.218. The Hall–Kier alpha value is -0.0800. The van der Waals surface area contributed by atoms with Gasteiger partial charge in [-0.15, -0.1) is 0 Å². The van der Waals surface area contributed by atoms with Crippen LogP contribution in [0, 0.1) is 5.92 Å². The van der Waals surface area contributed by atoms with Gasteiger partial charge in [-0.05, 0) is 70.5 Å². The van der Waals surface area contributed by atoms with Crippen molar-refractivity contribution in [3.8, 4) is 0 Å². The van der Waals surface area contributed by atoms with E-state index in [1.54, 1.807) is 0 Å². The summed E-state index contributed by atoms with van der Waals surface area (Å²) in [4.78, 5) is 2.67. The van der Waals surface area contributed by atoms with Crippen molar-refractivity contribution in [1.82, 2.24) is 10.2 Å².